The van der Waals surface area contributed by atoms with Crippen LogP contribution in [0.2, 0.25) is 0 Å². The molecular weight excluding hydrogens is 340 g/mol. The Morgan fingerprint density at radius 3 is 2.36 bits per heavy atom. The van der Waals surface area contributed by atoms with E-state index in [0.29, 0.717) is 6.42 Å². The second-order valence-corrected chi connectivity index (χ2v) is 5.27. The highest BCUT2D eigenvalue weighted by atomic mass is 79.9. The predicted molar refractivity (Wildman–Crippen MR) is 83.5 cm³/mol. The second-order valence-electron chi connectivity index (χ2n) is 5.27. The number of halogens is 1. The third-order valence-corrected chi connectivity index (χ3v) is 3.52. The largest absolute Gasteiger partial charge is 1.00 e. The fourth-order valence-corrected chi connectivity index (χ4v) is 2.30. The number of nitrogens with zero attached hydrogens (tertiary/aromatic N) is 1. The van der Waals surface area contributed by atoms with E-state index in [9.17, 15) is 4.79 Å². The lowest BCUT2D eigenvalue weighted by molar-refractivity contribution is -0.697. The highest BCUT2D eigenvalue weighted by Gasteiger charge is 2.09. The zero-order valence-corrected chi connectivity index (χ0v) is 14.5. The second kappa shape index (κ2) is 10.1. The van der Waals surface area contributed by atoms with E-state index in [-0.39, 0.29) is 28.9 Å². The van der Waals surface area contributed by atoms with Crippen molar-refractivity contribution in [2.45, 2.75) is 38.8 Å². The van der Waals surface area contributed by atoms with Gasteiger partial charge >= 0.3 is 0 Å². The van der Waals surface area contributed by atoms with E-state index in [1.807, 2.05) is 55.5 Å². The van der Waals surface area contributed by atoms with Gasteiger partial charge in [0.15, 0.2) is 12.4 Å². The Morgan fingerprint density at radius 2 is 1.68 bits per heavy atom. The van der Waals surface area contributed by atoms with Gasteiger partial charge in [-0.3, -0.25) is 4.79 Å². The maximum atomic E-state index is 11.9. The average molecular weight is 363 g/mol. The van der Waals surface area contributed by atoms with E-state index in [2.05, 4.69) is 22.3 Å². The van der Waals surface area contributed by atoms with E-state index in [0.717, 1.165) is 24.9 Å². The van der Waals surface area contributed by atoms with Gasteiger partial charge in [-0.1, -0.05) is 36.4 Å². The summed E-state index contributed by atoms with van der Waals surface area (Å²) in [7, 11) is 0. The van der Waals surface area contributed by atoms with Gasteiger partial charge in [-0.2, -0.15) is 0 Å². The van der Waals surface area contributed by atoms with E-state index in [1.54, 1.807) is 0 Å². The van der Waals surface area contributed by atoms with Crippen LogP contribution in [0.4, 0.5) is 0 Å². The summed E-state index contributed by atoms with van der Waals surface area (Å²) in [5.74, 6) is 0.129. The molecule has 1 aromatic heterocycles. The number of nitrogens with one attached hydrogen (secondary N) is 1. The molecule has 1 atom stereocenters. The van der Waals surface area contributed by atoms with Gasteiger partial charge in [-0.05, 0) is 18.9 Å². The molecule has 4 heteroatoms. The molecular formula is C18H23BrN2O. The van der Waals surface area contributed by atoms with Crippen LogP contribution in [0.15, 0.2) is 60.9 Å². The summed E-state index contributed by atoms with van der Waals surface area (Å²) < 4.78 is 2.14. The maximum Gasteiger partial charge on any atom is 0.220 e. The fourth-order valence-electron chi connectivity index (χ4n) is 2.30. The molecule has 2 rings (SSSR count). The monoisotopic (exact) mass is 362 g/mol. The molecule has 3 nitrogen and oxygen atoms in total. The summed E-state index contributed by atoms with van der Waals surface area (Å²) in [5.41, 5.74) is 1.14. The van der Waals surface area contributed by atoms with Crippen molar-refractivity contribution in [2.75, 3.05) is 0 Å². The minimum Gasteiger partial charge on any atom is -1.00 e. The Labute approximate surface area is 143 Å². The first-order valence-electron chi connectivity index (χ1n) is 7.54. The first-order chi connectivity index (χ1) is 10.3. The van der Waals surface area contributed by atoms with E-state index in [4.69, 9.17) is 0 Å². The Bertz CT molecular complexity index is 546. The molecule has 1 N–H and O–H groups in total. The highest BCUT2D eigenvalue weighted by molar-refractivity contribution is 5.76. The first-order valence-corrected chi connectivity index (χ1v) is 7.54. The molecule has 0 aliphatic rings. The van der Waals surface area contributed by atoms with Gasteiger partial charge in [0.25, 0.3) is 0 Å². The summed E-state index contributed by atoms with van der Waals surface area (Å²) in [5, 5.41) is 3.05. The van der Waals surface area contributed by atoms with Gasteiger partial charge in [0, 0.05) is 25.0 Å². The summed E-state index contributed by atoms with van der Waals surface area (Å²) >= 11 is 0. The lowest BCUT2D eigenvalue weighted by Crippen LogP contribution is -3.00. The first kappa shape index (κ1) is 18.4. The molecule has 1 unspecified atom stereocenters. The standard InChI is InChI=1S/C18H22N2O.BrH/c1-16(17-10-4-2-5-11-17)19-18(21)12-6-9-15-20-13-7-3-8-14-20;/h2-5,7-8,10-11,13-14,16H,6,9,12,15H2,1H3;1H. The number of carbonyl (C=O) groups is 1. The van der Waals surface area contributed by atoms with Gasteiger partial charge in [0.1, 0.15) is 6.54 Å². The number of rotatable bonds is 7. The van der Waals surface area contributed by atoms with Crippen molar-refractivity contribution in [3.05, 3.63) is 66.5 Å². The van der Waals surface area contributed by atoms with E-state index in [1.165, 1.54) is 0 Å². The number of amides is 1. The Kier molecular flexibility index (Phi) is 8.44. The number of benzene rings is 1. The normalized spacial score (nSPS) is 11.3. The number of hydrogen-bond donors (Lipinski definition) is 1. The lowest BCUT2D eigenvalue weighted by Gasteiger charge is -2.14. The molecule has 1 aromatic carbocycles. The van der Waals surface area contributed by atoms with E-state index < -0.39 is 0 Å². The van der Waals surface area contributed by atoms with Crippen molar-refractivity contribution in [1.29, 1.82) is 0 Å². The molecule has 0 aliphatic carbocycles. The lowest BCUT2D eigenvalue weighted by atomic mass is 10.1. The molecule has 0 bridgehead atoms. The third-order valence-electron chi connectivity index (χ3n) is 3.52. The predicted octanol–water partition coefficient (Wildman–Crippen LogP) is 0.0258. The molecule has 0 saturated heterocycles. The molecule has 1 amide bonds. The molecule has 0 aliphatic heterocycles. The topological polar surface area (TPSA) is 33.0 Å². The zero-order chi connectivity index (χ0) is 14.9. The van der Waals surface area contributed by atoms with E-state index >= 15 is 0 Å². The quantitative estimate of drug-likeness (QED) is 0.546. The minimum atomic E-state index is 0. The molecule has 2 aromatic rings. The number of aromatic nitrogens is 1. The van der Waals surface area contributed by atoms with Crippen LogP contribution in [-0.2, 0) is 11.3 Å². The summed E-state index contributed by atoms with van der Waals surface area (Å²) in [6.07, 6.45) is 6.62. The van der Waals surface area contributed by atoms with Crippen molar-refractivity contribution < 1.29 is 26.3 Å². The molecule has 22 heavy (non-hydrogen) atoms. The molecule has 0 spiro atoms. The van der Waals surface area contributed by atoms with Gasteiger partial charge in [-0.15, -0.1) is 0 Å². The Morgan fingerprint density at radius 1 is 1.05 bits per heavy atom. The van der Waals surface area contributed by atoms with Gasteiger partial charge in [0.2, 0.25) is 5.91 Å². The summed E-state index contributed by atoms with van der Waals surface area (Å²) in [6, 6.07) is 16.2. The van der Waals surface area contributed by atoms with Crippen LogP contribution >= 0.6 is 0 Å². The Balaban J connectivity index is 0.00000242. The van der Waals surface area contributed by atoms with Crippen LogP contribution in [0.3, 0.4) is 0 Å². The number of hydrogen-bond acceptors (Lipinski definition) is 1. The van der Waals surface area contributed by atoms with Crippen molar-refractivity contribution >= 4 is 5.91 Å². The highest BCUT2D eigenvalue weighted by Crippen LogP contribution is 2.11. The SMILES string of the molecule is CC(NC(=O)CCCC[n+]1ccccc1)c1ccccc1.[Br-]. The van der Waals surface area contributed by atoms with Crippen molar-refractivity contribution in [2.24, 2.45) is 0 Å². The molecule has 0 saturated carbocycles. The van der Waals surface area contributed by atoms with Crippen molar-refractivity contribution in [1.82, 2.24) is 5.32 Å². The van der Waals surface area contributed by atoms with Crippen LogP contribution in [0, 0.1) is 0 Å². The summed E-state index contributed by atoms with van der Waals surface area (Å²) in [6.45, 7) is 2.98. The number of aryl methyl sites for hydroxylation is 1. The van der Waals surface area contributed by atoms with Crippen molar-refractivity contribution in [3.63, 3.8) is 0 Å². The molecule has 0 radical (unpaired) electrons. The van der Waals surface area contributed by atoms with Gasteiger partial charge in [0.05, 0.1) is 6.04 Å². The molecule has 118 valence electrons. The molecule has 1 heterocycles. The van der Waals surface area contributed by atoms with Gasteiger partial charge in [-0.25, -0.2) is 4.57 Å². The number of pyridine rings is 1. The van der Waals surface area contributed by atoms with Crippen LogP contribution < -0.4 is 26.9 Å². The fraction of sp³-hybridized carbons (Fsp3) is 0.333. The van der Waals surface area contributed by atoms with Crippen LogP contribution in [0.25, 0.3) is 0 Å². The summed E-state index contributed by atoms with van der Waals surface area (Å²) in [4.78, 5) is 11.9. The minimum absolute atomic E-state index is 0. The zero-order valence-electron chi connectivity index (χ0n) is 12.9. The smallest absolute Gasteiger partial charge is 0.220 e. The third kappa shape index (κ3) is 6.39. The van der Waals surface area contributed by atoms with Crippen molar-refractivity contribution in [3.8, 4) is 0 Å². The Hall–Kier alpha value is -1.68. The average Bonchev–Trinajstić information content (AvgIpc) is 2.53. The van der Waals surface area contributed by atoms with Gasteiger partial charge < -0.3 is 22.3 Å². The van der Waals surface area contributed by atoms with Crippen LogP contribution in [-0.4, -0.2) is 5.91 Å². The molecule has 0 fully saturated rings. The van der Waals surface area contributed by atoms with Crippen LogP contribution in [0.5, 0.6) is 0 Å². The maximum absolute atomic E-state index is 11.9. The number of unbranched alkanes of at least 4 members (excludes halogenated alkanes) is 1. The van der Waals surface area contributed by atoms with Crippen LogP contribution in [0.1, 0.15) is 37.8 Å². The number of carbonyl (C=O) groups excluding carboxylic acids is 1.